The van der Waals surface area contributed by atoms with Crippen molar-refractivity contribution in [1.82, 2.24) is 20.4 Å². The average molecular weight is 347 g/mol. The van der Waals surface area contributed by atoms with Crippen LogP contribution in [0.2, 0.25) is 0 Å². The number of carbonyl (C=O) groups is 1. The van der Waals surface area contributed by atoms with E-state index in [0.29, 0.717) is 12.1 Å². The van der Waals surface area contributed by atoms with E-state index >= 15 is 0 Å². The van der Waals surface area contributed by atoms with E-state index < -0.39 is 0 Å². The topological polar surface area (TPSA) is 59.0 Å². The lowest BCUT2D eigenvalue weighted by atomic mass is 10.1. The number of aryl methyl sites for hydroxylation is 1. The minimum absolute atomic E-state index is 0. The van der Waals surface area contributed by atoms with Crippen LogP contribution in [0.3, 0.4) is 0 Å². The molecule has 2 N–H and O–H groups in total. The largest absolute Gasteiger partial charge is 0.348 e. The Hall–Kier alpha value is -2.11. The Balaban J connectivity index is 0.00000208. The SMILES string of the molecule is Cc1nn(-c2ccccc2)c(C)c1C(=O)NCC1=CCNCC1.Cl. The number of benzene rings is 1. The molecule has 0 atom stereocenters. The van der Waals surface area contributed by atoms with Crippen LogP contribution in [0.1, 0.15) is 28.2 Å². The van der Waals surface area contributed by atoms with E-state index in [4.69, 9.17) is 0 Å². The van der Waals surface area contributed by atoms with Gasteiger partial charge in [-0.25, -0.2) is 4.68 Å². The number of rotatable bonds is 4. The predicted molar refractivity (Wildman–Crippen MR) is 98.2 cm³/mol. The van der Waals surface area contributed by atoms with Gasteiger partial charge < -0.3 is 10.6 Å². The minimum Gasteiger partial charge on any atom is -0.348 e. The molecule has 0 saturated carbocycles. The molecule has 0 bridgehead atoms. The van der Waals surface area contributed by atoms with Crippen LogP contribution in [0.15, 0.2) is 42.0 Å². The number of para-hydroxylation sites is 1. The normalized spacial score (nSPS) is 13.8. The molecule has 5 nitrogen and oxygen atoms in total. The first kappa shape index (κ1) is 18.2. The predicted octanol–water partition coefficient (Wildman–Crippen LogP) is 2.56. The third-order valence-electron chi connectivity index (χ3n) is 4.15. The zero-order valence-corrected chi connectivity index (χ0v) is 14.8. The molecule has 1 aromatic heterocycles. The monoisotopic (exact) mass is 346 g/mol. The summed E-state index contributed by atoms with van der Waals surface area (Å²) in [5.74, 6) is -0.0541. The first-order chi connectivity index (χ1) is 11.2. The third kappa shape index (κ3) is 3.86. The fourth-order valence-corrected chi connectivity index (χ4v) is 2.90. The molecule has 128 valence electrons. The smallest absolute Gasteiger partial charge is 0.255 e. The molecule has 0 unspecified atom stereocenters. The van der Waals surface area contributed by atoms with E-state index in [1.807, 2.05) is 48.9 Å². The Morgan fingerprint density at radius 1 is 1.29 bits per heavy atom. The Kier molecular flexibility index (Phi) is 6.17. The van der Waals surface area contributed by atoms with Gasteiger partial charge in [0.25, 0.3) is 5.91 Å². The quantitative estimate of drug-likeness (QED) is 0.836. The zero-order chi connectivity index (χ0) is 16.2. The highest BCUT2D eigenvalue weighted by Gasteiger charge is 2.19. The second-order valence-corrected chi connectivity index (χ2v) is 5.79. The molecule has 1 aliphatic heterocycles. The maximum absolute atomic E-state index is 12.6. The van der Waals surface area contributed by atoms with E-state index in [1.165, 1.54) is 5.57 Å². The molecule has 1 amide bonds. The zero-order valence-electron chi connectivity index (χ0n) is 14.0. The van der Waals surface area contributed by atoms with E-state index in [0.717, 1.165) is 36.6 Å². The van der Waals surface area contributed by atoms with Gasteiger partial charge in [-0.2, -0.15) is 5.10 Å². The summed E-state index contributed by atoms with van der Waals surface area (Å²) in [6, 6.07) is 9.88. The molecule has 0 fully saturated rings. The highest BCUT2D eigenvalue weighted by molar-refractivity contribution is 5.96. The van der Waals surface area contributed by atoms with Crippen LogP contribution in [0.4, 0.5) is 0 Å². The van der Waals surface area contributed by atoms with Gasteiger partial charge in [-0.3, -0.25) is 4.79 Å². The molecule has 0 saturated heterocycles. The summed E-state index contributed by atoms with van der Waals surface area (Å²) in [6.07, 6.45) is 3.14. The molecule has 24 heavy (non-hydrogen) atoms. The summed E-state index contributed by atoms with van der Waals surface area (Å²) in [5.41, 5.74) is 4.54. The highest BCUT2D eigenvalue weighted by Crippen LogP contribution is 2.17. The molecule has 0 radical (unpaired) electrons. The molecule has 3 rings (SSSR count). The van der Waals surface area contributed by atoms with Crippen LogP contribution in [-0.4, -0.2) is 35.3 Å². The second-order valence-electron chi connectivity index (χ2n) is 5.79. The number of aromatic nitrogens is 2. The van der Waals surface area contributed by atoms with Crippen molar-refractivity contribution in [3.63, 3.8) is 0 Å². The molecule has 1 aromatic carbocycles. The van der Waals surface area contributed by atoms with E-state index in [2.05, 4.69) is 21.8 Å². The molecule has 2 aromatic rings. The molecule has 1 aliphatic rings. The van der Waals surface area contributed by atoms with Crippen molar-refractivity contribution in [2.45, 2.75) is 20.3 Å². The average Bonchev–Trinajstić information content (AvgIpc) is 2.89. The fraction of sp³-hybridized carbons (Fsp3) is 0.333. The number of hydrogen-bond donors (Lipinski definition) is 2. The minimum atomic E-state index is -0.0541. The van der Waals surface area contributed by atoms with Gasteiger partial charge in [0.05, 0.1) is 22.6 Å². The highest BCUT2D eigenvalue weighted by atomic mass is 35.5. The van der Waals surface area contributed by atoms with Crippen LogP contribution in [-0.2, 0) is 0 Å². The van der Waals surface area contributed by atoms with Crippen molar-refractivity contribution in [3.8, 4) is 5.69 Å². The van der Waals surface area contributed by atoms with Gasteiger partial charge in [0.15, 0.2) is 0 Å². The summed E-state index contributed by atoms with van der Waals surface area (Å²) >= 11 is 0. The molecule has 2 heterocycles. The molecule has 0 aliphatic carbocycles. The molecular formula is C18H23ClN4O. The Morgan fingerprint density at radius 3 is 2.71 bits per heavy atom. The molecule has 0 spiro atoms. The van der Waals surface area contributed by atoms with Crippen LogP contribution in [0, 0.1) is 13.8 Å². The lowest BCUT2D eigenvalue weighted by Gasteiger charge is -2.14. The molecular weight excluding hydrogens is 324 g/mol. The van der Waals surface area contributed by atoms with Gasteiger partial charge in [-0.15, -0.1) is 12.4 Å². The second kappa shape index (κ2) is 8.13. The van der Waals surface area contributed by atoms with Crippen LogP contribution in [0.25, 0.3) is 5.69 Å². The van der Waals surface area contributed by atoms with Crippen LogP contribution < -0.4 is 10.6 Å². The lowest BCUT2D eigenvalue weighted by Crippen LogP contribution is -2.30. The first-order valence-electron chi connectivity index (χ1n) is 7.95. The summed E-state index contributed by atoms with van der Waals surface area (Å²) in [5, 5.41) is 10.8. The van der Waals surface area contributed by atoms with E-state index in [9.17, 15) is 4.79 Å². The summed E-state index contributed by atoms with van der Waals surface area (Å²) in [6.45, 7) is 6.29. The number of nitrogens with zero attached hydrogens (tertiary/aromatic N) is 2. The number of nitrogens with one attached hydrogen (secondary N) is 2. The maximum atomic E-state index is 12.6. The van der Waals surface area contributed by atoms with Crippen molar-refractivity contribution in [2.75, 3.05) is 19.6 Å². The number of halogens is 1. The summed E-state index contributed by atoms with van der Waals surface area (Å²) < 4.78 is 1.83. The third-order valence-corrected chi connectivity index (χ3v) is 4.15. The van der Waals surface area contributed by atoms with Crippen molar-refractivity contribution in [3.05, 3.63) is 58.9 Å². The van der Waals surface area contributed by atoms with E-state index in [1.54, 1.807) is 0 Å². The van der Waals surface area contributed by atoms with Crippen molar-refractivity contribution >= 4 is 18.3 Å². The fourth-order valence-electron chi connectivity index (χ4n) is 2.90. The maximum Gasteiger partial charge on any atom is 0.255 e. The van der Waals surface area contributed by atoms with Gasteiger partial charge in [0.1, 0.15) is 0 Å². The van der Waals surface area contributed by atoms with Gasteiger partial charge >= 0.3 is 0 Å². The van der Waals surface area contributed by atoms with Crippen molar-refractivity contribution < 1.29 is 4.79 Å². The Bertz CT molecular complexity index is 737. The summed E-state index contributed by atoms with van der Waals surface area (Å²) in [7, 11) is 0. The number of carbonyl (C=O) groups excluding carboxylic acids is 1. The van der Waals surface area contributed by atoms with Gasteiger partial charge in [0.2, 0.25) is 0 Å². The van der Waals surface area contributed by atoms with Crippen molar-refractivity contribution in [2.24, 2.45) is 0 Å². The van der Waals surface area contributed by atoms with Crippen LogP contribution in [0.5, 0.6) is 0 Å². The summed E-state index contributed by atoms with van der Waals surface area (Å²) in [4.78, 5) is 12.6. The van der Waals surface area contributed by atoms with E-state index in [-0.39, 0.29) is 18.3 Å². The number of hydrogen-bond acceptors (Lipinski definition) is 3. The van der Waals surface area contributed by atoms with Gasteiger partial charge in [-0.1, -0.05) is 29.8 Å². The van der Waals surface area contributed by atoms with Gasteiger partial charge in [-0.05, 0) is 38.9 Å². The first-order valence-corrected chi connectivity index (χ1v) is 7.95. The standard InChI is InChI=1S/C18H22N4O.ClH/c1-13-17(18(23)20-12-15-8-10-19-11-9-15)14(2)22(21-13)16-6-4-3-5-7-16;/h3-8,19H,9-12H2,1-2H3,(H,20,23);1H. The Labute approximate surface area is 148 Å². The van der Waals surface area contributed by atoms with Crippen molar-refractivity contribution in [1.29, 1.82) is 0 Å². The lowest BCUT2D eigenvalue weighted by molar-refractivity contribution is 0.0955. The molecule has 6 heteroatoms. The Morgan fingerprint density at radius 2 is 2.04 bits per heavy atom. The van der Waals surface area contributed by atoms with Crippen LogP contribution >= 0.6 is 12.4 Å². The number of amides is 1. The van der Waals surface area contributed by atoms with Gasteiger partial charge in [0, 0.05) is 13.1 Å².